The molecule has 0 spiro atoms. The van der Waals surface area contributed by atoms with Crippen molar-refractivity contribution in [2.45, 2.75) is 45.5 Å². The Kier molecular flexibility index (Phi) is 6.40. The molecule has 0 saturated carbocycles. The lowest BCUT2D eigenvalue weighted by Crippen LogP contribution is -2.15. The van der Waals surface area contributed by atoms with Gasteiger partial charge in [0.25, 0.3) is 0 Å². The van der Waals surface area contributed by atoms with Crippen LogP contribution in [0.3, 0.4) is 0 Å². The summed E-state index contributed by atoms with van der Waals surface area (Å²) in [7, 11) is 0. The van der Waals surface area contributed by atoms with Crippen LogP contribution in [-0.4, -0.2) is 22.6 Å². The van der Waals surface area contributed by atoms with Crippen molar-refractivity contribution in [2.24, 2.45) is 0 Å². The third-order valence-corrected chi connectivity index (χ3v) is 3.29. The van der Waals surface area contributed by atoms with Crippen molar-refractivity contribution in [2.75, 3.05) is 6.61 Å². The van der Waals surface area contributed by atoms with Gasteiger partial charge in [0.2, 0.25) is 0 Å². The second-order valence-corrected chi connectivity index (χ2v) is 5.10. The molecule has 1 heterocycles. The number of aryl methyl sites for hydroxylation is 1. The maximum absolute atomic E-state index is 12.2. The molecular formula is C11H16F3IN2O. The Morgan fingerprint density at radius 1 is 1.44 bits per heavy atom. The van der Waals surface area contributed by atoms with Crippen molar-refractivity contribution in [1.82, 2.24) is 9.78 Å². The predicted molar refractivity (Wildman–Crippen MR) is 70.2 cm³/mol. The molecular weight excluding hydrogens is 360 g/mol. The molecule has 0 aromatic carbocycles. The van der Waals surface area contributed by atoms with Crippen LogP contribution < -0.4 is 0 Å². The first kappa shape index (κ1) is 15.7. The van der Waals surface area contributed by atoms with E-state index in [1.807, 2.05) is 0 Å². The van der Waals surface area contributed by atoms with E-state index in [0.717, 1.165) is 22.1 Å². The van der Waals surface area contributed by atoms with Crippen LogP contribution >= 0.6 is 22.6 Å². The monoisotopic (exact) mass is 376 g/mol. The molecule has 7 heteroatoms. The van der Waals surface area contributed by atoms with Crippen molar-refractivity contribution < 1.29 is 17.9 Å². The van der Waals surface area contributed by atoms with Crippen molar-refractivity contribution >= 4 is 22.6 Å². The lowest BCUT2D eigenvalue weighted by molar-refractivity contribution is -0.137. The third kappa shape index (κ3) is 5.55. The molecule has 0 N–H and O–H groups in total. The van der Waals surface area contributed by atoms with E-state index in [1.165, 1.54) is 4.68 Å². The molecule has 3 nitrogen and oxygen atoms in total. The second-order valence-electron chi connectivity index (χ2n) is 3.93. The van der Waals surface area contributed by atoms with E-state index in [9.17, 15) is 13.2 Å². The van der Waals surface area contributed by atoms with E-state index in [0.29, 0.717) is 13.2 Å². The molecule has 0 aliphatic carbocycles. The molecule has 0 amide bonds. The number of unbranched alkanes of at least 4 members (excludes halogenated alkanes) is 1. The maximum Gasteiger partial charge on any atom is 0.390 e. The summed E-state index contributed by atoms with van der Waals surface area (Å²) in [4.78, 5) is 0. The topological polar surface area (TPSA) is 27.1 Å². The Hall–Kier alpha value is -0.310. The largest absolute Gasteiger partial charge is 0.390 e. The minimum absolute atomic E-state index is 0.154. The van der Waals surface area contributed by atoms with E-state index in [-0.39, 0.29) is 6.54 Å². The van der Waals surface area contributed by atoms with Gasteiger partial charge >= 0.3 is 6.18 Å². The van der Waals surface area contributed by atoms with Crippen LogP contribution in [0.2, 0.25) is 0 Å². The summed E-state index contributed by atoms with van der Waals surface area (Å²) in [6.45, 7) is 2.84. The van der Waals surface area contributed by atoms with Gasteiger partial charge in [-0.05, 0) is 29.0 Å². The van der Waals surface area contributed by atoms with Gasteiger partial charge in [0.1, 0.15) is 0 Å². The molecule has 1 aromatic heterocycles. The van der Waals surface area contributed by atoms with Gasteiger partial charge in [-0.25, -0.2) is 0 Å². The zero-order chi connectivity index (χ0) is 13.6. The molecule has 104 valence electrons. The van der Waals surface area contributed by atoms with E-state index in [4.69, 9.17) is 4.74 Å². The minimum atomic E-state index is -4.16. The van der Waals surface area contributed by atoms with Gasteiger partial charge in [-0.2, -0.15) is 18.3 Å². The van der Waals surface area contributed by atoms with Gasteiger partial charge in [-0.1, -0.05) is 13.3 Å². The smallest absolute Gasteiger partial charge is 0.375 e. The number of rotatable bonds is 7. The Bertz CT molecular complexity index is 366. The van der Waals surface area contributed by atoms with Crippen LogP contribution in [0.15, 0.2) is 6.20 Å². The van der Waals surface area contributed by atoms with Gasteiger partial charge in [0.05, 0.1) is 28.5 Å². The average Bonchev–Trinajstić information content (AvgIpc) is 2.62. The van der Waals surface area contributed by atoms with Crippen LogP contribution in [0, 0.1) is 3.57 Å². The summed E-state index contributed by atoms with van der Waals surface area (Å²) in [6, 6.07) is 0. The van der Waals surface area contributed by atoms with Gasteiger partial charge in [-0.15, -0.1) is 0 Å². The molecule has 0 aliphatic rings. The van der Waals surface area contributed by atoms with E-state index >= 15 is 0 Å². The fourth-order valence-corrected chi connectivity index (χ4v) is 1.93. The number of ether oxygens (including phenoxy) is 1. The summed E-state index contributed by atoms with van der Waals surface area (Å²) in [5, 5.41) is 3.95. The standard InChI is InChI=1S/C11H16F3IN2O/c1-2-3-6-18-8-10-9(15)7-16-17(10)5-4-11(12,13)14/h7H,2-6,8H2,1H3. The van der Waals surface area contributed by atoms with Gasteiger partial charge in [0, 0.05) is 13.2 Å². The van der Waals surface area contributed by atoms with E-state index < -0.39 is 12.6 Å². The highest BCUT2D eigenvalue weighted by Crippen LogP contribution is 2.21. The van der Waals surface area contributed by atoms with Crippen molar-refractivity contribution in [3.8, 4) is 0 Å². The molecule has 1 aromatic rings. The summed E-state index contributed by atoms with van der Waals surface area (Å²) < 4.78 is 44.1. The van der Waals surface area contributed by atoms with Gasteiger partial charge in [-0.3, -0.25) is 4.68 Å². The fourth-order valence-electron chi connectivity index (χ4n) is 1.37. The SMILES string of the molecule is CCCCOCc1c(I)cnn1CCC(F)(F)F. The van der Waals surface area contributed by atoms with Crippen LogP contribution in [-0.2, 0) is 17.9 Å². The number of hydrogen-bond donors (Lipinski definition) is 0. The molecule has 0 atom stereocenters. The molecule has 0 aliphatic heterocycles. The number of halogens is 4. The van der Waals surface area contributed by atoms with Crippen LogP contribution in [0.25, 0.3) is 0 Å². The normalized spacial score (nSPS) is 12.1. The molecule has 0 unspecified atom stereocenters. The molecule has 0 fully saturated rings. The third-order valence-electron chi connectivity index (χ3n) is 2.39. The first-order valence-electron chi connectivity index (χ1n) is 5.78. The van der Waals surface area contributed by atoms with Gasteiger partial charge in [0.15, 0.2) is 0 Å². The fraction of sp³-hybridized carbons (Fsp3) is 0.727. The summed E-state index contributed by atoms with van der Waals surface area (Å²) in [5.74, 6) is 0. The minimum Gasteiger partial charge on any atom is -0.375 e. The van der Waals surface area contributed by atoms with Gasteiger partial charge < -0.3 is 4.74 Å². The molecule has 18 heavy (non-hydrogen) atoms. The lowest BCUT2D eigenvalue weighted by Gasteiger charge is -2.10. The van der Waals surface area contributed by atoms with Crippen LogP contribution in [0.5, 0.6) is 0 Å². The predicted octanol–water partition coefficient (Wildman–Crippen LogP) is 3.76. The number of aromatic nitrogens is 2. The zero-order valence-corrected chi connectivity index (χ0v) is 12.3. The lowest BCUT2D eigenvalue weighted by atomic mass is 10.3. The maximum atomic E-state index is 12.2. The van der Waals surface area contributed by atoms with Crippen LogP contribution in [0.4, 0.5) is 13.2 Å². The summed E-state index contributed by atoms with van der Waals surface area (Å²) >= 11 is 2.06. The number of hydrogen-bond acceptors (Lipinski definition) is 2. The van der Waals surface area contributed by atoms with E-state index in [1.54, 1.807) is 6.20 Å². The Morgan fingerprint density at radius 2 is 2.17 bits per heavy atom. The second kappa shape index (κ2) is 7.32. The molecule has 0 bridgehead atoms. The Balaban J connectivity index is 2.52. The molecule has 0 radical (unpaired) electrons. The van der Waals surface area contributed by atoms with Crippen LogP contribution in [0.1, 0.15) is 31.9 Å². The number of alkyl halides is 3. The highest BCUT2D eigenvalue weighted by molar-refractivity contribution is 14.1. The van der Waals surface area contributed by atoms with Crippen molar-refractivity contribution in [1.29, 1.82) is 0 Å². The van der Waals surface area contributed by atoms with Crippen molar-refractivity contribution in [3.63, 3.8) is 0 Å². The highest BCUT2D eigenvalue weighted by Gasteiger charge is 2.27. The first-order chi connectivity index (χ1) is 8.44. The summed E-state index contributed by atoms with van der Waals surface area (Å²) in [6.07, 6.45) is -1.47. The molecule has 0 saturated heterocycles. The average molecular weight is 376 g/mol. The van der Waals surface area contributed by atoms with Crippen molar-refractivity contribution in [3.05, 3.63) is 15.5 Å². The van der Waals surface area contributed by atoms with E-state index in [2.05, 4.69) is 34.6 Å². The quantitative estimate of drug-likeness (QED) is 0.535. The Labute approximate surface area is 118 Å². The Morgan fingerprint density at radius 3 is 2.78 bits per heavy atom. The zero-order valence-electron chi connectivity index (χ0n) is 10.1. The molecule has 1 rings (SSSR count). The first-order valence-corrected chi connectivity index (χ1v) is 6.86. The summed E-state index contributed by atoms with van der Waals surface area (Å²) in [5.41, 5.74) is 0.718. The highest BCUT2D eigenvalue weighted by atomic mass is 127. The number of nitrogens with zero attached hydrogens (tertiary/aromatic N) is 2.